The highest BCUT2D eigenvalue weighted by atomic mass is 79.9. The topological polar surface area (TPSA) is 56.3 Å². The molecular weight excluding hydrogens is 398 g/mol. The average molecular weight is 416 g/mol. The Morgan fingerprint density at radius 2 is 2.39 bits per heavy atom. The number of thioether (sulfide) groups is 1. The summed E-state index contributed by atoms with van der Waals surface area (Å²) in [5, 5.41) is 12.5. The lowest BCUT2D eigenvalue weighted by atomic mass is 10.2. The van der Waals surface area contributed by atoms with Crippen LogP contribution < -0.4 is 10.1 Å². The third kappa shape index (κ3) is 5.63. The Hall–Kier alpha value is -0.830. The highest BCUT2D eigenvalue weighted by Gasteiger charge is 2.15. The summed E-state index contributed by atoms with van der Waals surface area (Å²) in [5.74, 6) is 1.71. The molecule has 0 spiro atoms. The minimum atomic E-state index is 0.314. The maximum Gasteiger partial charge on any atom is 0.206 e. The van der Waals surface area contributed by atoms with E-state index in [1.165, 1.54) is 0 Å². The molecule has 23 heavy (non-hydrogen) atoms. The average Bonchev–Trinajstić information content (AvgIpc) is 3.21. The van der Waals surface area contributed by atoms with E-state index >= 15 is 0 Å². The third-order valence-corrected chi connectivity index (χ3v) is 5.76. The Labute approximate surface area is 152 Å². The smallest absolute Gasteiger partial charge is 0.206 e. The molecule has 124 valence electrons. The number of halogens is 1. The molecule has 8 heteroatoms. The van der Waals surface area contributed by atoms with Crippen molar-refractivity contribution in [2.24, 2.45) is 0 Å². The van der Waals surface area contributed by atoms with E-state index in [1.807, 2.05) is 24.3 Å². The molecule has 0 amide bonds. The molecule has 1 aromatic heterocycles. The second kappa shape index (κ2) is 8.86. The van der Waals surface area contributed by atoms with Crippen molar-refractivity contribution in [2.75, 3.05) is 30.8 Å². The predicted octanol–water partition coefficient (Wildman–Crippen LogP) is 4.06. The number of nitrogens with zero attached hydrogens (tertiary/aromatic N) is 2. The van der Waals surface area contributed by atoms with Gasteiger partial charge < -0.3 is 14.8 Å². The normalized spacial score (nSPS) is 17.3. The molecule has 0 aliphatic carbocycles. The molecule has 0 saturated carbocycles. The van der Waals surface area contributed by atoms with Crippen LogP contribution in [0.4, 0.5) is 5.13 Å². The summed E-state index contributed by atoms with van der Waals surface area (Å²) in [5.41, 5.74) is 0. The molecule has 1 aliphatic rings. The molecule has 1 atom stereocenters. The van der Waals surface area contributed by atoms with Gasteiger partial charge in [-0.25, -0.2) is 0 Å². The van der Waals surface area contributed by atoms with E-state index in [4.69, 9.17) is 9.47 Å². The molecule has 3 rings (SSSR count). The zero-order valence-electron chi connectivity index (χ0n) is 12.5. The van der Waals surface area contributed by atoms with Crippen molar-refractivity contribution in [3.05, 3.63) is 28.7 Å². The number of hydrogen-bond acceptors (Lipinski definition) is 7. The minimum absolute atomic E-state index is 0.314. The first-order valence-corrected chi connectivity index (χ1v) is 10.1. The van der Waals surface area contributed by atoms with E-state index in [1.54, 1.807) is 23.1 Å². The lowest BCUT2D eigenvalue weighted by Crippen LogP contribution is -2.18. The fourth-order valence-corrected chi connectivity index (χ4v) is 4.22. The molecule has 0 unspecified atom stereocenters. The highest BCUT2D eigenvalue weighted by molar-refractivity contribution is 9.10. The van der Waals surface area contributed by atoms with Crippen LogP contribution in [0.1, 0.15) is 12.8 Å². The van der Waals surface area contributed by atoms with Crippen molar-refractivity contribution in [1.82, 2.24) is 10.2 Å². The number of benzene rings is 1. The van der Waals surface area contributed by atoms with Gasteiger partial charge in [0.25, 0.3) is 0 Å². The first-order valence-electron chi connectivity index (χ1n) is 7.50. The van der Waals surface area contributed by atoms with Crippen LogP contribution in [-0.4, -0.2) is 41.8 Å². The van der Waals surface area contributed by atoms with Crippen LogP contribution in [0.3, 0.4) is 0 Å². The van der Waals surface area contributed by atoms with E-state index in [2.05, 4.69) is 31.4 Å². The molecule has 2 heterocycles. The van der Waals surface area contributed by atoms with Gasteiger partial charge in [-0.2, -0.15) is 0 Å². The van der Waals surface area contributed by atoms with Crippen LogP contribution in [0, 0.1) is 0 Å². The standard InChI is InChI=1S/C15H18BrN3O2S2/c16-11-3-1-4-12(9-11)21-7-8-22-15-19-18-14(23-15)17-10-13-5-2-6-20-13/h1,3-4,9,13H,2,5-8,10H2,(H,17,18)/t13-/m0/s1. The third-order valence-electron chi connectivity index (χ3n) is 3.29. The van der Waals surface area contributed by atoms with Crippen LogP contribution in [0.2, 0.25) is 0 Å². The number of nitrogens with one attached hydrogen (secondary N) is 1. The summed E-state index contributed by atoms with van der Waals surface area (Å²) in [6.07, 6.45) is 2.59. The molecule has 1 aliphatic heterocycles. The van der Waals surface area contributed by atoms with Gasteiger partial charge in [-0.3, -0.25) is 0 Å². The van der Waals surface area contributed by atoms with Crippen molar-refractivity contribution in [3.8, 4) is 5.75 Å². The molecule has 5 nitrogen and oxygen atoms in total. The Balaban J connectivity index is 1.35. The van der Waals surface area contributed by atoms with E-state index in [0.717, 1.165) is 51.4 Å². The van der Waals surface area contributed by atoms with Crippen LogP contribution >= 0.6 is 39.0 Å². The molecule has 1 aromatic carbocycles. The second-order valence-electron chi connectivity index (χ2n) is 5.04. The van der Waals surface area contributed by atoms with E-state index in [-0.39, 0.29) is 0 Å². The summed E-state index contributed by atoms with van der Waals surface area (Å²) < 4.78 is 13.3. The largest absolute Gasteiger partial charge is 0.493 e. The minimum Gasteiger partial charge on any atom is -0.493 e. The zero-order chi connectivity index (χ0) is 15.9. The van der Waals surface area contributed by atoms with Gasteiger partial charge in [-0.05, 0) is 31.0 Å². The summed E-state index contributed by atoms with van der Waals surface area (Å²) >= 11 is 6.67. The maximum absolute atomic E-state index is 5.70. The molecule has 0 bridgehead atoms. The number of anilines is 1. The van der Waals surface area contributed by atoms with Crippen LogP contribution in [0.25, 0.3) is 0 Å². The fraction of sp³-hybridized carbons (Fsp3) is 0.467. The first kappa shape index (κ1) is 17.0. The van der Waals surface area contributed by atoms with Gasteiger partial charge in [0.05, 0.1) is 12.7 Å². The van der Waals surface area contributed by atoms with Gasteiger partial charge in [0.1, 0.15) is 5.75 Å². The molecule has 1 saturated heterocycles. The van der Waals surface area contributed by atoms with E-state index in [0.29, 0.717) is 12.7 Å². The van der Waals surface area contributed by atoms with Gasteiger partial charge in [-0.15, -0.1) is 10.2 Å². The zero-order valence-corrected chi connectivity index (χ0v) is 15.8. The molecule has 2 aromatic rings. The summed E-state index contributed by atoms with van der Waals surface area (Å²) in [6, 6.07) is 7.85. The van der Waals surface area contributed by atoms with Crippen molar-refractivity contribution in [3.63, 3.8) is 0 Å². The van der Waals surface area contributed by atoms with Crippen molar-refractivity contribution in [2.45, 2.75) is 23.3 Å². The molecular formula is C15H18BrN3O2S2. The van der Waals surface area contributed by atoms with E-state index < -0.39 is 0 Å². The highest BCUT2D eigenvalue weighted by Crippen LogP contribution is 2.26. The Morgan fingerprint density at radius 3 is 3.22 bits per heavy atom. The summed E-state index contributed by atoms with van der Waals surface area (Å²) in [7, 11) is 0. The first-order chi connectivity index (χ1) is 11.3. The Bertz CT molecular complexity index is 620. The van der Waals surface area contributed by atoms with E-state index in [9.17, 15) is 0 Å². The second-order valence-corrected chi connectivity index (χ2v) is 8.28. The molecule has 0 radical (unpaired) electrons. The Morgan fingerprint density at radius 1 is 1.43 bits per heavy atom. The number of rotatable bonds is 8. The lowest BCUT2D eigenvalue weighted by molar-refractivity contribution is 0.120. The van der Waals surface area contributed by atoms with Gasteiger partial charge >= 0.3 is 0 Å². The summed E-state index contributed by atoms with van der Waals surface area (Å²) in [4.78, 5) is 0. The lowest BCUT2D eigenvalue weighted by Gasteiger charge is -2.08. The number of hydrogen-bond donors (Lipinski definition) is 1. The molecule has 1 N–H and O–H groups in total. The van der Waals surface area contributed by atoms with Crippen LogP contribution in [-0.2, 0) is 4.74 Å². The monoisotopic (exact) mass is 415 g/mol. The fourth-order valence-electron chi connectivity index (χ4n) is 2.19. The predicted molar refractivity (Wildman–Crippen MR) is 97.7 cm³/mol. The van der Waals surface area contributed by atoms with Gasteiger partial charge in [0.15, 0.2) is 4.34 Å². The maximum atomic E-state index is 5.70. The molecule has 1 fully saturated rings. The summed E-state index contributed by atoms with van der Waals surface area (Å²) in [6.45, 7) is 2.33. The van der Waals surface area contributed by atoms with Crippen molar-refractivity contribution in [1.29, 1.82) is 0 Å². The van der Waals surface area contributed by atoms with Crippen molar-refractivity contribution < 1.29 is 9.47 Å². The SMILES string of the molecule is Brc1cccc(OCCSc2nnc(NC[C@@H]3CCCO3)s2)c1. The Kier molecular flexibility index (Phi) is 6.56. The quantitative estimate of drug-likeness (QED) is 0.517. The van der Waals surface area contributed by atoms with Gasteiger partial charge in [0.2, 0.25) is 5.13 Å². The van der Waals surface area contributed by atoms with Crippen LogP contribution in [0.5, 0.6) is 5.75 Å². The number of ether oxygens (including phenoxy) is 2. The van der Waals surface area contributed by atoms with Crippen LogP contribution in [0.15, 0.2) is 33.1 Å². The van der Waals surface area contributed by atoms with Gasteiger partial charge in [0, 0.05) is 23.4 Å². The van der Waals surface area contributed by atoms with Crippen molar-refractivity contribution >= 4 is 44.2 Å². The number of aromatic nitrogens is 2. The van der Waals surface area contributed by atoms with Gasteiger partial charge in [-0.1, -0.05) is 45.1 Å².